The van der Waals surface area contributed by atoms with E-state index in [1.165, 1.54) is 5.56 Å². The second-order valence-corrected chi connectivity index (χ2v) is 6.97. The first-order valence-electron chi connectivity index (χ1n) is 8.93. The van der Waals surface area contributed by atoms with Crippen molar-refractivity contribution in [3.05, 3.63) is 35.4 Å². The Kier molecular flexibility index (Phi) is 3.57. The number of ether oxygens (including phenoxy) is 5. The van der Waals surface area contributed by atoms with Crippen molar-refractivity contribution in [2.75, 3.05) is 27.1 Å². The molecule has 1 aromatic carbocycles. The zero-order valence-corrected chi connectivity index (χ0v) is 14.5. The van der Waals surface area contributed by atoms with E-state index in [0.717, 1.165) is 30.0 Å². The maximum Gasteiger partial charge on any atom is 0.231 e. The lowest BCUT2D eigenvalue weighted by atomic mass is 9.65. The first-order chi connectivity index (χ1) is 12.3. The number of fused-ring (bicyclic) bond motifs is 2. The maximum atomic E-state index is 6.39. The van der Waals surface area contributed by atoms with Crippen LogP contribution in [0.1, 0.15) is 30.8 Å². The highest BCUT2D eigenvalue weighted by Crippen LogP contribution is 2.53. The number of hydrogen-bond acceptors (Lipinski definition) is 6. The van der Waals surface area contributed by atoms with E-state index in [9.17, 15) is 0 Å². The molecule has 0 aromatic heterocycles. The summed E-state index contributed by atoms with van der Waals surface area (Å²) in [4.78, 5) is 0. The molecule has 0 unspecified atom stereocenters. The topological polar surface area (TPSA) is 58.2 Å². The molecule has 1 spiro atoms. The van der Waals surface area contributed by atoms with Gasteiger partial charge < -0.3 is 29.0 Å². The molecule has 0 radical (unpaired) electrons. The predicted molar refractivity (Wildman–Crippen MR) is 89.8 cm³/mol. The van der Waals surface area contributed by atoms with Gasteiger partial charge in [0.2, 0.25) is 6.79 Å². The summed E-state index contributed by atoms with van der Waals surface area (Å²) in [6.07, 6.45) is 5.12. The van der Waals surface area contributed by atoms with Crippen LogP contribution in [0.3, 0.4) is 0 Å². The molecule has 3 aliphatic heterocycles. The van der Waals surface area contributed by atoms with Crippen molar-refractivity contribution in [2.24, 2.45) is 0 Å². The standard InChI is InChI=1S/C19H23NO5/c1-3-22-18-12-7-14-15(24-10-23-14)8-13(12)19-5-4-11(21-2)6-16(19)20-9-17(19)25-18/h4-5,7-8,11,16-18,20H,3,6,9-10H2,1-2H3/t11-,16+,17+,18-,19+/m1/s1. The highest BCUT2D eigenvalue weighted by atomic mass is 16.7. The van der Waals surface area contributed by atoms with Gasteiger partial charge in [-0.05, 0) is 31.0 Å². The third kappa shape index (κ3) is 2.11. The van der Waals surface area contributed by atoms with Gasteiger partial charge >= 0.3 is 0 Å². The van der Waals surface area contributed by atoms with Crippen molar-refractivity contribution in [3.8, 4) is 11.5 Å². The molecule has 1 aliphatic carbocycles. The molecule has 25 heavy (non-hydrogen) atoms. The fourth-order valence-electron chi connectivity index (χ4n) is 4.71. The van der Waals surface area contributed by atoms with Crippen LogP contribution in [0, 0.1) is 0 Å². The molecular formula is C19H23NO5. The van der Waals surface area contributed by atoms with Crippen LogP contribution >= 0.6 is 0 Å². The minimum atomic E-state index is -0.376. The molecule has 134 valence electrons. The molecule has 6 heteroatoms. The Morgan fingerprint density at radius 3 is 2.92 bits per heavy atom. The van der Waals surface area contributed by atoms with Crippen molar-refractivity contribution >= 4 is 0 Å². The van der Waals surface area contributed by atoms with E-state index in [0.29, 0.717) is 6.61 Å². The van der Waals surface area contributed by atoms with Crippen LogP contribution in [0.4, 0.5) is 0 Å². The molecule has 1 aromatic rings. The summed E-state index contributed by atoms with van der Waals surface area (Å²) in [7, 11) is 1.76. The average molecular weight is 345 g/mol. The highest BCUT2D eigenvalue weighted by Gasteiger charge is 2.57. The molecule has 3 heterocycles. The number of nitrogens with one attached hydrogen (secondary N) is 1. The number of benzene rings is 1. The molecule has 0 amide bonds. The third-order valence-corrected chi connectivity index (χ3v) is 5.89. The van der Waals surface area contributed by atoms with Gasteiger partial charge in [0.15, 0.2) is 17.8 Å². The van der Waals surface area contributed by atoms with Gasteiger partial charge in [0.1, 0.15) is 0 Å². The van der Waals surface area contributed by atoms with Crippen LogP contribution < -0.4 is 14.8 Å². The van der Waals surface area contributed by atoms with Crippen LogP contribution in [-0.4, -0.2) is 45.3 Å². The summed E-state index contributed by atoms with van der Waals surface area (Å²) >= 11 is 0. The zero-order chi connectivity index (χ0) is 17.0. The minimum Gasteiger partial charge on any atom is -0.454 e. The zero-order valence-electron chi connectivity index (χ0n) is 14.5. The number of methoxy groups -OCH3 is 1. The number of hydrogen-bond donors (Lipinski definition) is 1. The summed E-state index contributed by atoms with van der Waals surface area (Å²) in [5, 5.41) is 3.64. The maximum absolute atomic E-state index is 6.39. The predicted octanol–water partition coefficient (Wildman–Crippen LogP) is 2.03. The van der Waals surface area contributed by atoms with Crippen LogP contribution in [0.5, 0.6) is 11.5 Å². The summed E-state index contributed by atoms with van der Waals surface area (Å²) < 4.78 is 29.1. The summed E-state index contributed by atoms with van der Waals surface area (Å²) in [5.74, 6) is 1.57. The molecule has 1 saturated heterocycles. The van der Waals surface area contributed by atoms with E-state index in [4.69, 9.17) is 23.7 Å². The van der Waals surface area contributed by atoms with Crippen LogP contribution in [0.2, 0.25) is 0 Å². The van der Waals surface area contributed by atoms with Gasteiger partial charge in [0.05, 0.1) is 17.6 Å². The minimum absolute atomic E-state index is 0.0241. The van der Waals surface area contributed by atoms with Crippen molar-refractivity contribution in [1.82, 2.24) is 5.32 Å². The summed E-state index contributed by atoms with van der Waals surface area (Å²) in [5.41, 5.74) is 2.03. The van der Waals surface area contributed by atoms with Gasteiger partial charge in [0, 0.05) is 31.9 Å². The summed E-state index contributed by atoms with van der Waals surface area (Å²) in [6.45, 7) is 3.64. The summed E-state index contributed by atoms with van der Waals surface area (Å²) in [6, 6.07) is 4.40. The molecule has 6 nitrogen and oxygen atoms in total. The second kappa shape index (κ2) is 5.71. The molecule has 1 N–H and O–H groups in total. The van der Waals surface area contributed by atoms with Gasteiger partial charge in [0.25, 0.3) is 0 Å². The Morgan fingerprint density at radius 1 is 1.28 bits per heavy atom. The molecule has 0 bridgehead atoms. The van der Waals surface area contributed by atoms with E-state index >= 15 is 0 Å². The third-order valence-electron chi connectivity index (χ3n) is 5.89. The van der Waals surface area contributed by atoms with Gasteiger partial charge in [-0.1, -0.05) is 12.2 Å². The fraction of sp³-hybridized carbons (Fsp3) is 0.579. The average Bonchev–Trinajstić information content (AvgIpc) is 3.24. The fourth-order valence-corrected chi connectivity index (χ4v) is 4.71. The highest BCUT2D eigenvalue weighted by molar-refractivity contribution is 5.56. The van der Waals surface area contributed by atoms with E-state index in [1.54, 1.807) is 7.11 Å². The van der Waals surface area contributed by atoms with Crippen molar-refractivity contribution < 1.29 is 23.7 Å². The molecule has 5 atom stereocenters. The van der Waals surface area contributed by atoms with Gasteiger partial charge in [-0.25, -0.2) is 0 Å². The van der Waals surface area contributed by atoms with Crippen molar-refractivity contribution in [2.45, 2.75) is 43.3 Å². The quantitative estimate of drug-likeness (QED) is 0.846. The van der Waals surface area contributed by atoms with Crippen LogP contribution in [0.25, 0.3) is 0 Å². The lowest BCUT2D eigenvalue weighted by Crippen LogP contribution is -2.52. The van der Waals surface area contributed by atoms with E-state index in [2.05, 4.69) is 23.5 Å². The Balaban J connectivity index is 1.68. The molecular weight excluding hydrogens is 322 g/mol. The molecule has 0 saturated carbocycles. The SMILES string of the molecule is CCO[C@@H]1O[C@H]2CN[C@H]3C[C@H](OC)C=C[C@]32c2cc3c(cc21)OCO3. The Bertz CT molecular complexity index is 720. The Hall–Kier alpha value is -1.60. The van der Waals surface area contributed by atoms with Crippen LogP contribution in [0.15, 0.2) is 24.3 Å². The smallest absolute Gasteiger partial charge is 0.231 e. The lowest BCUT2D eigenvalue weighted by molar-refractivity contribution is -0.189. The van der Waals surface area contributed by atoms with Crippen molar-refractivity contribution in [3.63, 3.8) is 0 Å². The van der Waals surface area contributed by atoms with Crippen molar-refractivity contribution in [1.29, 1.82) is 0 Å². The molecule has 4 aliphatic rings. The van der Waals surface area contributed by atoms with E-state index < -0.39 is 0 Å². The van der Waals surface area contributed by atoms with Gasteiger partial charge in [-0.3, -0.25) is 0 Å². The van der Waals surface area contributed by atoms with E-state index in [-0.39, 0.29) is 36.7 Å². The lowest BCUT2D eigenvalue weighted by Gasteiger charge is -2.46. The second-order valence-electron chi connectivity index (χ2n) is 6.97. The van der Waals surface area contributed by atoms with Gasteiger partial charge in [-0.15, -0.1) is 0 Å². The van der Waals surface area contributed by atoms with Crippen LogP contribution in [-0.2, 0) is 19.6 Å². The molecule has 5 rings (SSSR count). The monoisotopic (exact) mass is 345 g/mol. The van der Waals surface area contributed by atoms with E-state index in [1.807, 2.05) is 13.0 Å². The largest absolute Gasteiger partial charge is 0.454 e. The number of rotatable bonds is 3. The normalized spacial score (nSPS) is 37.5. The first-order valence-corrected chi connectivity index (χ1v) is 8.93. The van der Waals surface area contributed by atoms with Gasteiger partial charge in [-0.2, -0.15) is 0 Å². The molecule has 1 fully saturated rings. The Labute approximate surface area is 147 Å². The Morgan fingerprint density at radius 2 is 2.12 bits per heavy atom. The first kappa shape index (κ1) is 15.6.